The molecule has 20 heavy (non-hydrogen) atoms. The molecule has 0 aromatic heterocycles. The Kier molecular flexibility index (Phi) is 3.87. The summed E-state index contributed by atoms with van der Waals surface area (Å²) >= 11 is 3.48. The molecular formula is C16H21BrN2O. The third-order valence-electron chi connectivity index (χ3n) is 4.77. The number of halogens is 1. The second-order valence-corrected chi connectivity index (χ2v) is 7.11. The monoisotopic (exact) mass is 336 g/mol. The maximum absolute atomic E-state index is 12.6. The SMILES string of the molecule is CN(Cc1cccc(Br)c1)C(=O)C1CC12CCNCC2. The van der Waals surface area contributed by atoms with Crippen LogP contribution in [-0.2, 0) is 11.3 Å². The van der Waals surface area contributed by atoms with Crippen molar-refractivity contribution in [3.63, 3.8) is 0 Å². The molecule has 1 spiro atoms. The molecule has 1 unspecified atom stereocenters. The van der Waals surface area contributed by atoms with E-state index in [4.69, 9.17) is 0 Å². The molecule has 3 nitrogen and oxygen atoms in total. The predicted octanol–water partition coefficient (Wildman–Crippen LogP) is 2.80. The smallest absolute Gasteiger partial charge is 0.226 e. The number of carbonyl (C=O) groups is 1. The Hall–Kier alpha value is -0.870. The van der Waals surface area contributed by atoms with Crippen LogP contribution in [-0.4, -0.2) is 30.9 Å². The number of hydrogen-bond donors (Lipinski definition) is 1. The van der Waals surface area contributed by atoms with Gasteiger partial charge in [0, 0.05) is 24.0 Å². The molecule has 1 aliphatic heterocycles. The first-order valence-corrected chi connectivity index (χ1v) is 8.10. The van der Waals surface area contributed by atoms with Gasteiger partial charge in [-0.05, 0) is 55.5 Å². The lowest BCUT2D eigenvalue weighted by Crippen LogP contribution is -2.34. The second kappa shape index (κ2) is 5.49. The average molecular weight is 337 g/mol. The van der Waals surface area contributed by atoms with E-state index in [1.165, 1.54) is 5.56 Å². The van der Waals surface area contributed by atoms with Crippen LogP contribution in [0.4, 0.5) is 0 Å². The standard InChI is InChI=1S/C16H21BrN2O/c1-19(11-12-3-2-4-13(17)9-12)15(20)14-10-16(14)5-7-18-8-6-16/h2-4,9,14,18H,5-8,10-11H2,1H3. The van der Waals surface area contributed by atoms with Gasteiger partial charge in [-0.1, -0.05) is 28.1 Å². The summed E-state index contributed by atoms with van der Waals surface area (Å²) in [6.07, 6.45) is 3.42. The minimum absolute atomic E-state index is 0.266. The van der Waals surface area contributed by atoms with E-state index in [-0.39, 0.29) is 5.92 Å². The molecule has 4 heteroatoms. The van der Waals surface area contributed by atoms with Crippen molar-refractivity contribution in [1.82, 2.24) is 10.2 Å². The topological polar surface area (TPSA) is 32.3 Å². The van der Waals surface area contributed by atoms with E-state index >= 15 is 0 Å². The van der Waals surface area contributed by atoms with Gasteiger partial charge in [-0.2, -0.15) is 0 Å². The molecule has 1 aromatic carbocycles. The molecule has 1 saturated carbocycles. The van der Waals surface area contributed by atoms with Crippen LogP contribution in [0.5, 0.6) is 0 Å². The molecule has 2 aliphatic rings. The van der Waals surface area contributed by atoms with Crippen molar-refractivity contribution in [3.8, 4) is 0 Å². The van der Waals surface area contributed by atoms with E-state index in [1.54, 1.807) is 0 Å². The van der Waals surface area contributed by atoms with Crippen molar-refractivity contribution in [3.05, 3.63) is 34.3 Å². The Morgan fingerprint density at radius 3 is 2.90 bits per heavy atom. The van der Waals surface area contributed by atoms with Crippen molar-refractivity contribution >= 4 is 21.8 Å². The molecule has 1 N–H and O–H groups in total. The summed E-state index contributed by atoms with van der Waals surface area (Å²) in [6.45, 7) is 2.83. The maximum atomic E-state index is 12.6. The zero-order chi connectivity index (χ0) is 14.2. The number of hydrogen-bond acceptors (Lipinski definition) is 2. The van der Waals surface area contributed by atoms with Gasteiger partial charge in [-0.15, -0.1) is 0 Å². The fourth-order valence-electron chi connectivity index (χ4n) is 3.43. The van der Waals surface area contributed by atoms with E-state index in [1.807, 2.05) is 24.1 Å². The molecular weight excluding hydrogens is 316 g/mol. The lowest BCUT2D eigenvalue weighted by atomic mass is 9.91. The van der Waals surface area contributed by atoms with Crippen LogP contribution in [0.3, 0.4) is 0 Å². The predicted molar refractivity (Wildman–Crippen MR) is 83.3 cm³/mol. The molecule has 1 aromatic rings. The minimum Gasteiger partial charge on any atom is -0.341 e. The lowest BCUT2D eigenvalue weighted by molar-refractivity contribution is -0.132. The van der Waals surface area contributed by atoms with E-state index < -0.39 is 0 Å². The van der Waals surface area contributed by atoms with E-state index in [2.05, 4.69) is 33.4 Å². The van der Waals surface area contributed by atoms with Crippen LogP contribution in [0.1, 0.15) is 24.8 Å². The molecule has 108 valence electrons. The molecule has 1 atom stereocenters. The Morgan fingerprint density at radius 1 is 1.45 bits per heavy atom. The van der Waals surface area contributed by atoms with Crippen molar-refractivity contribution in [2.75, 3.05) is 20.1 Å². The van der Waals surface area contributed by atoms with Crippen LogP contribution in [0.2, 0.25) is 0 Å². The first kappa shape index (κ1) is 14.1. The van der Waals surface area contributed by atoms with Crippen molar-refractivity contribution in [2.45, 2.75) is 25.8 Å². The van der Waals surface area contributed by atoms with Gasteiger partial charge in [0.05, 0.1) is 0 Å². The minimum atomic E-state index is 0.266. The van der Waals surface area contributed by atoms with Crippen LogP contribution in [0, 0.1) is 11.3 Å². The van der Waals surface area contributed by atoms with Gasteiger partial charge >= 0.3 is 0 Å². The number of amides is 1. The number of nitrogens with zero attached hydrogens (tertiary/aromatic N) is 1. The van der Waals surface area contributed by atoms with Crippen LogP contribution in [0.15, 0.2) is 28.7 Å². The number of carbonyl (C=O) groups excluding carboxylic acids is 1. The first-order valence-electron chi connectivity index (χ1n) is 7.31. The molecule has 1 saturated heterocycles. The quantitative estimate of drug-likeness (QED) is 0.920. The van der Waals surface area contributed by atoms with Gasteiger partial charge in [0.2, 0.25) is 5.91 Å². The summed E-state index contributed by atoms with van der Waals surface area (Å²) in [5.41, 5.74) is 1.50. The van der Waals surface area contributed by atoms with Crippen molar-refractivity contribution < 1.29 is 4.79 Å². The van der Waals surface area contributed by atoms with Crippen LogP contribution < -0.4 is 5.32 Å². The molecule has 0 radical (unpaired) electrons. The summed E-state index contributed by atoms with van der Waals surface area (Å²) in [6, 6.07) is 8.18. The van der Waals surface area contributed by atoms with Crippen molar-refractivity contribution in [1.29, 1.82) is 0 Å². The lowest BCUT2D eigenvalue weighted by Gasteiger charge is -2.25. The first-order chi connectivity index (χ1) is 9.61. The number of nitrogens with one attached hydrogen (secondary N) is 1. The molecule has 2 fully saturated rings. The van der Waals surface area contributed by atoms with Gasteiger partial charge < -0.3 is 10.2 Å². The van der Waals surface area contributed by atoms with Gasteiger partial charge in [-0.3, -0.25) is 4.79 Å². The second-order valence-electron chi connectivity index (χ2n) is 6.19. The third-order valence-corrected chi connectivity index (χ3v) is 5.27. The normalized spacial score (nSPS) is 23.6. The Bertz CT molecular complexity index is 511. The summed E-state index contributed by atoms with van der Waals surface area (Å²) in [5, 5.41) is 3.39. The van der Waals surface area contributed by atoms with Gasteiger partial charge in [0.15, 0.2) is 0 Å². The molecule has 1 amide bonds. The van der Waals surface area contributed by atoms with E-state index in [9.17, 15) is 4.79 Å². The van der Waals surface area contributed by atoms with Gasteiger partial charge in [-0.25, -0.2) is 0 Å². The fourth-order valence-corrected chi connectivity index (χ4v) is 3.87. The molecule has 3 rings (SSSR count). The van der Waals surface area contributed by atoms with E-state index in [0.717, 1.165) is 36.8 Å². The summed E-state index contributed by atoms with van der Waals surface area (Å²) in [5.74, 6) is 0.591. The van der Waals surface area contributed by atoms with Crippen molar-refractivity contribution in [2.24, 2.45) is 11.3 Å². The molecule has 0 bridgehead atoms. The average Bonchev–Trinajstić information content (AvgIpc) is 3.12. The zero-order valence-electron chi connectivity index (χ0n) is 11.9. The maximum Gasteiger partial charge on any atom is 0.226 e. The molecule has 1 aliphatic carbocycles. The highest BCUT2D eigenvalue weighted by Crippen LogP contribution is 2.59. The van der Waals surface area contributed by atoms with Crippen LogP contribution in [0.25, 0.3) is 0 Å². The van der Waals surface area contributed by atoms with Gasteiger partial charge in [0.1, 0.15) is 0 Å². The fraction of sp³-hybridized carbons (Fsp3) is 0.562. The van der Waals surface area contributed by atoms with Crippen LogP contribution >= 0.6 is 15.9 Å². The van der Waals surface area contributed by atoms with Gasteiger partial charge in [0.25, 0.3) is 0 Å². The molecule has 1 heterocycles. The van der Waals surface area contributed by atoms with E-state index in [0.29, 0.717) is 17.9 Å². The Morgan fingerprint density at radius 2 is 2.20 bits per heavy atom. The Labute approximate surface area is 128 Å². The highest BCUT2D eigenvalue weighted by atomic mass is 79.9. The highest BCUT2D eigenvalue weighted by Gasteiger charge is 2.58. The number of piperidine rings is 1. The highest BCUT2D eigenvalue weighted by molar-refractivity contribution is 9.10. The summed E-state index contributed by atoms with van der Waals surface area (Å²) < 4.78 is 1.07. The summed E-state index contributed by atoms with van der Waals surface area (Å²) in [7, 11) is 1.93. The Balaban J connectivity index is 1.60. The third kappa shape index (κ3) is 2.77. The largest absolute Gasteiger partial charge is 0.341 e. The number of benzene rings is 1. The zero-order valence-corrected chi connectivity index (χ0v) is 13.4. The summed E-state index contributed by atoms with van der Waals surface area (Å²) in [4.78, 5) is 14.5. The number of rotatable bonds is 3.